The fourth-order valence-electron chi connectivity index (χ4n) is 3.44. The standard InChI is InChI=1S/C16H22N6O3S2/c23-14(17-15-18-16(20-19-15)21-7-2-1-3-8-21)13-12(6-11-26-13)27(24,25)22-9-4-5-10-22/h6,11H,1-5,7-10H2,(H2,17,18,19,20,23). The molecule has 2 N–H and O–H groups in total. The van der Waals surface area contributed by atoms with E-state index < -0.39 is 15.9 Å². The molecule has 0 unspecified atom stereocenters. The minimum Gasteiger partial charge on any atom is -0.340 e. The van der Waals surface area contributed by atoms with Gasteiger partial charge in [0.05, 0.1) is 0 Å². The van der Waals surface area contributed by atoms with Gasteiger partial charge in [0.2, 0.25) is 21.9 Å². The average molecular weight is 411 g/mol. The number of aromatic amines is 1. The molecule has 0 saturated carbocycles. The average Bonchev–Trinajstić information content (AvgIpc) is 3.42. The zero-order chi connectivity index (χ0) is 18.9. The van der Waals surface area contributed by atoms with E-state index >= 15 is 0 Å². The molecule has 2 saturated heterocycles. The van der Waals surface area contributed by atoms with Crippen molar-refractivity contribution in [2.45, 2.75) is 37.0 Å². The van der Waals surface area contributed by atoms with Gasteiger partial charge in [-0.2, -0.15) is 9.29 Å². The van der Waals surface area contributed by atoms with Crippen molar-refractivity contribution in [3.8, 4) is 0 Å². The Bertz CT molecular complexity index is 910. The second-order valence-electron chi connectivity index (χ2n) is 6.71. The molecule has 0 atom stereocenters. The third-order valence-electron chi connectivity index (χ3n) is 4.86. The molecule has 0 radical (unpaired) electrons. The quantitative estimate of drug-likeness (QED) is 0.779. The summed E-state index contributed by atoms with van der Waals surface area (Å²) < 4.78 is 27.0. The number of hydrogen-bond donors (Lipinski definition) is 2. The number of nitrogens with one attached hydrogen (secondary N) is 2. The summed E-state index contributed by atoms with van der Waals surface area (Å²) in [5, 5.41) is 11.1. The second kappa shape index (κ2) is 7.56. The lowest BCUT2D eigenvalue weighted by molar-refractivity contribution is 0.102. The van der Waals surface area contributed by atoms with E-state index in [4.69, 9.17) is 0 Å². The van der Waals surface area contributed by atoms with Gasteiger partial charge in [-0.3, -0.25) is 10.1 Å². The Balaban J connectivity index is 1.50. The minimum absolute atomic E-state index is 0.0580. The van der Waals surface area contributed by atoms with Crippen LogP contribution in [0.2, 0.25) is 0 Å². The number of hydrogen-bond acceptors (Lipinski definition) is 7. The maximum atomic E-state index is 12.8. The molecule has 0 bridgehead atoms. The lowest BCUT2D eigenvalue weighted by Crippen LogP contribution is -2.30. The van der Waals surface area contributed by atoms with Gasteiger partial charge in [0.1, 0.15) is 9.77 Å². The molecule has 0 aromatic carbocycles. The highest BCUT2D eigenvalue weighted by molar-refractivity contribution is 7.89. The topological polar surface area (TPSA) is 111 Å². The predicted molar refractivity (Wildman–Crippen MR) is 103 cm³/mol. The van der Waals surface area contributed by atoms with Gasteiger partial charge in [-0.15, -0.1) is 16.4 Å². The van der Waals surface area contributed by atoms with Crippen LogP contribution < -0.4 is 10.2 Å². The molecule has 27 heavy (non-hydrogen) atoms. The Morgan fingerprint density at radius 1 is 1.11 bits per heavy atom. The number of nitrogens with zero attached hydrogens (tertiary/aromatic N) is 4. The van der Waals surface area contributed by atoms with E-state index in [0.29, 0.717) is 19.0 Å². The lowest BCUT2D eigenvalue weighted by Gasteiger charge is -2.24. The third kappa shape index (κ3) is 3.71. The smallest absolute Gasteiger partial charge is 0.269 e. The van der Waals surface area contributed by atoms with Crippen LogP contribution in [-0.2, 0) is 10.0 Å². The fraction of sp³-hybridized carbons (Fsp3) is 0.562. The Hall–Kier alpha value is -1.98. The van der Waals surface area contributed by atoms with Crippen LogP contribution in [0.5, 0.6) is 0 Å². The Morgan fingerprint density at radius 2 is 1.81 bits per heavy atom. The molecule has 0 spiro atoms. The molecule has 4 heterocycles. The predicted octanol–water partition coefficient (Wildman–Crippen LogP) is 1.89. The van der Waals surface area contributed by atoms with E-state index in [9.17, 15) is 13.2 Å². The molecule has 11 heteroatoms. The normalized spacial score (nSPS) is 18.7. The largest absolute Gasteiger partial charge is 0.340 e. The van der Waals surface area contributed by atoms with Gasteiger partial charge in [-0.1, -0.05) is 0 Å². The summed E-state index contributed by atoms with van der Waals surface area (Å²) in [6.45, 7) is 2.80. The van der Waals surface area contributed by atoms with Gasteiger partial charge in [0.25, 0.3) is 5.91 Å². The van der Waals surface area contributed by atoms with Gasteiger partial charge < -0.3 is 4.90 Å². The molecule has 2 aromatic heterocycles. The number of carbonyl (C=O) groups excluding carboxylic acids is 1. The Kier molecular flexibility index (Phi) is 5.15. The van der Waals surface area contributed by atoms with Crippen molar-refractivity contribution in [1.82, 2.24) is 19.5 Å². The van der Waals surface area contributed by atoms with E-state index in [1.165, 1.54) is 16.8 Å². The molecule has 2 aliphatic rings. The summed E-state index contributed by atoms with van der Waals surface area (Å²) in [6, 6.07) is 1.49. The van der Waals surface area contributed by atoms with Crippen molar-refractivity contribution in [2.75, 3.05) is 36.4 Å². The van der Waals surface area contributed by atoms with Crippen LogP contribution in [0.4, 0.5) is 11.9 Å². The number of sulfonamides is 1. The number of thiophene rings is 1. The molecule has 1 amide bonds. The van der Waals surface area contributed by atoms with E-state index in [1.807, 2.05) is 0 Å². The number of anilines is 2. The van der Waals surface area contributed by atoms with E-state index in [2.05, 4.69) is 25.4 Å². The number of amides is 1. The summed E-state index contributed by atoms with van der Waals surface area (Å²) in [5.41, 5.74) is 0. The Labute approximate surface area is 161 Å². The molecule has 4 rings (SSSR count). The highest BCUT2D eigenvalue weighted by Crippen LogP contribution is 2.28. The first-order valence-corrected chi connectivity index (χ1v) is 11.4. The Morgan fingerprint density at radius 3 is 2.56 bits per heavy atom. The van der Waals surface area contributed by atoms with Crippen LogP contribution in [0.1, 0.15) is 41.8 Å². The van der Waals surface area contributed by atoms with Crippen LogP contribution in [0.25, 0.3) is 0 Å². The monoisotopic (exact) mass is 410 g/mol. The number of piperidine rings is 1. The van der Waals surface area contributed by atoms with Gasteiger partial charge in [0.15, 0.2) is 0 Å². The van der Waals surface area contributed by atoms with Gasteiger partial charge >= 0.3 is 0 Å². The summed E-state index contributed by atoms with van der Waals surface area (Å²) in [4.78, 5) is 19.3. The lowest BCUT2D eigenvalue weighted by atomic mass is 10.1. The summed E-state index contributed by atoms with van der Waals surface area (Å²) in [7, 11) is -3.65. The van der Waals surface area contributed by atoms with Crippen LogP contribution in [0, 0.1) is 0 Å². The van der Waals surface area contributed by atoms with Crippen molar-refractivity contribution >= 4 is 39.2 Å². The molecule has 0 aliphatic carbocycles. The molecular weight excluding hydrogens is 388 g/mol. The minimum atomic E-state index is -3.65. The van der Waals surface area contributed by atoms with Crippen molar-refractivity contribution in [3.63, 3.8) is 0 Å². The molecular formula is C16H22N6O3S2. The molecule has 2 aromatic rings. The van der Waals surface area contributed by atoms with Crippen LogP contribution in [0.15, 0.2) is 16.3 Å². The number of H-pyrrole nitrogens is 1. The zero-order valence-electron chi connectivity index (χ0n) is 14.8. The maximum Gasteiger partial charge on any atom is 0.269 e. The first kappa shape index (κ1) is 18.4. The summed E-state index contributed by atoms with van der Waals surface area (Å²) >= 11 is 1.11. The fourth-order valence-corrected chi connectivity index (χ4v) is 6.26. The van der Waals surface area contributed by atoms with Crippen molar-refractivity contribution in [2.24, 2.45) is 0 Å². The number of rotatable bonds is 5. The molecule has 146 valence electrons. The third-order valence-corrected chi connectivity index (χ3v) is 7.85. The van der Waals surface area contributed by atoms with Crippen molar-refractivity contribution in [3.05, 3.63) is 16.3 Å². The van der Waals surface area contributed by atoms with E-state index in [-0.39, 0.29) is 15.7 Å². The van der Waals surface area contributed by atoms with Crippen molar-refractivity contribution in [1.29, 1.82) is 0 Å². The first-order chi connectivity index (χ1) is 13.1. The number of aromatic nitrogens is 3. The molecule has 2 aliphatic heterocycles. The number of carbonyl (C=O) groups is 1. The van der Waals surface area contributed by atoms with Gasteiger partial charge in [-0.05, 0) is 43.6 Å². The summed E-state index contributed by atoms with van der Waals surface area (Å²) in [6.07, 6.45) is 5.11. The molecule has 9 nitrogen and oxygen atoms in total. The maximum absolute atomic E-state index is 12.8. The first-order valence-electron chi connectivity index (χ1n) is 9.12. The van der Waals surface area contributed by atoms with Crippen LogP contribution in [0.3, 0.4) is 0 Å². The van der Waals surface area contributed by atoms with Gasteiger partial charge in [-0.25, -0.2) is 13.5 Å². The summed E-state index contributed by atoms with van der Waals surface area (Å²) in [5.74, 6) is 0.281. The van der Waals surface area contributed by atoms with E-state index in [0.717, 1.165) is 50.1 Å². The van der Waals surface area contributed by atoms with Gasteiger partial charge in [0, 0.05) is 26.2 Å². The molecule has 2 fully saturated rings. The highest BCUT2D eigenvalue weighted by atomic mass is 32.2. The highest BCUT2D eigenvalue weighted by Gasteiger charge is 2.32. The van der Waals surface area contributed by atoms with Crippen molar-refractivity contribution < 1.29 is 13.2 Å². The zero-order valence-corrected chi connectivity index (χ0v) is 16.5. The van der Waals surface area contributed by atoms with Crippen LogP contribution >= 0.6 is 11.3 Å². The second-order valence-corrected chi connectivity index (χ2v) is 9.53. The SMILES string of the molecule is O=C(Nc1nc(N2CCCCC2)n[nH]1)c1sccc1S(=O)(=O)N1CCCC1. The van der Waals surface area contributed by atoms with E-state index in [1.54, 1.807) is 5.38 Å². The van der Waals surface area contributed by atoms with Crippen LogP contribution in [-0.4, -0.2) is 60.0 Å².